The summed E-state index contributed by atoms with van der Waals surface area (Å²) >= 11 is 0. The Balaban J connectivity index is 2.42. The van der Waals surface area contributed by atoms with Gasteiger partial charge in [-0.15, -0.1) is 0 Å². The smallest absolute Gasteiger partial charge is 0.0728 e. The molecule has 0 aromatic carbocycles. The van der Waals surface area contributed by atoms with E-state index >= 15 is 0 Å². The van der Waals surface area contributed by atoms with Gasteiger partial charge in [0.05, 0.1) is 6.10 Å². The van der Waals surface area contributed by atoms with E-state index in [9.17, 15) is 0 Å². The maximum absolute atomic E-state index is 5.54. The van der Waals surface area contributed by atoms with Crippen LogP contribution in [0.4, 0.5) is 0 Å². The fraction of sp³-hybridized carbons (Fsp3) is 1.00. The van der Waals surface area contributed by atoms with E-state index in [1.54, 1.807) is 0 Å². The molecule has 1 saturated heterocycles. The molecule has 1 fully saturated rings. The van der Waals surface area contributed by atoms with Crippen molar-refractivity contribution in [2.45, 2.75) is 26.4 Å². The monoisotopic (exact) mass is 143 g/mol. The molecule has 0 aromatic heterocycles. The lowest BCUT2D eigenvalue weighted by Crippen LogP contribution is -2.28. The van der Waals surface area contributed by atoms with E-state index in [-0.39, 0.29) is 0 Å². The summed E-state index contributed by atoms with van der Waals surface area (Å²) in [7, 11) is 0. The van der Waals surface area contributed by atoms with Crippen LogP contribution in [-0.4, -0.2) is 19.3 Å². The van der Waals surface area contributed by atoms with Gasteiger partial charge in [0.1, 0.15) is 0 Å². The fourth-order valence-corrected chi connectivity index (χ4v) is 1.67. The summed E-state index contributed by atoms with van der Waals surface area (Å²) in [4.78, 5) is 0. The average molecular weight is 143 g/mol. The number of hydrogen-bond donors (Lipinski definition) is 1. The Morgan fingerprint density at radius 3 is 2.70 bits per heavy atom. The summed E-state index contributed by atoms with van der Waals surface area (Å²) in [5.74, 6) is 1.42. The van der Waals surface area contributed by atoms with Crippen molar-refractivity contribution >= 4 is 0 Å². The molecule has 0 saturated carbocycles. The van der Waals surface area contributed by atoms with Crippen LogP contribution in [0.25, 0.3) is 0 Å². The van der Waals surface area contributed by atoms with Gasteiger partial charge in [-0.2, -0.15) is 0 Å². The molecule has 2 N–H and O–H groups in total. The maximum Gasteiger partial charge on any atom is 0.0728 e. The zero-order valence-corrected chi connectivity index (χ0v) is 6.84. The van der Waals surface area contributed by atoms with E-state index in [1.165, 1.54) is 6.42 Å². The summed E-state index contributed by atoms with van der Waals surface area (Å²) in [5, 5.41) is 0. The summed E-state index contributed by atoms with van der Waals surface area (Å²) in [6, 6.07) is 0. The van der Waals surface area contributed by atoms with Crippen LogP contribution in [0, 0.1) is 11.8 Å². The molecule has 0 amide bonds. The number of rotatable bonds is 2. The second-order valence-electron chi connectivity index (χ2n) is 3.34. The van der Waals surface area contributed by atoms with Crippen molar-refractivity contribution in [2.24, 2.45) is 17.6 Å². The van der Waals surface area contributed by atoms with Gasteiger partial charge >= 0.3 is 0 Å². The van der Waals surface area contributed by atoms with E-state index in [4.69, 9.17) is 10.5 Å². The van der Waals surface area contributed by atoms with Gasteiger partial charge in [0.25, 0.3) is 0 Å². The van der Waals surface area contributed by atoms with Crippen molar-refractivity contribution < 1.29 is 4.74 Å². The molecule has 0 aliphatic carbocycles. The van der Waals surface area contributed by atoms with E-state index in [2.05, 4.69) is 13.8 Å². The highest BCUT2D eigenvalue weighted by atomic mass is 16.5. The first-order valence-corrected chi connectivity index (χ1v) is 4.07. The van der Waals surface area contributed by atoms with Crippen LogP contribution < -0.4 is 5.73 Å². The number of nitrogens with two attached hydrogens (primary N) is 1. The quantitative estimate of drug-likeness (QED) is 0.626. The molecule has 0 bridgehead atoms. The van der Waals surface area contributed by atoms with Crippen molar-refractivity contribution in [1.29, 1.82) is 0 Å². The Morgan fingerprint density at radius 1 is 1.60 bits per heavy atom. The first kappa shape index (κ1) is 8.02. The van der Waals surface area contributed by atoms with Crippen LogP contribution >= 0.6 is 0 Å². The molecular formula is C8H17NO. The summed E-state index contributed by atoms with van der Waals surface area (Å²) in [6.07, 6.45) is 1.53. The average Bonchev–Trinajstić information content (AvgIpc) is 2.33. The molecular weight excluding hydrogens is 126 g/mol. The van der Waals surface area contributed by atoms with E-state index in [0.717, 1.165) is 12.5 Å². The highest BCUT2D eigenvalue weighted by Gasteiger charge is 2.28. The van der Waals surface area contributed by atoms with Crippen molar-refractivity contribution in [1.82, 2.24) is 0 Å². The van der Waals surface area contributed by atoms with Crippen LogP contribution in [0.15, 0.2) is 0 Å². The molecule has 0 unspecified atom stereocenters. The molecule has 1 rings (SSSR count). The highest BCUT2D eigenvalue weighted by Crippen LogP contribution is 2.26. The van der Waals surface area contributed by atoms with E-state index < -0.39 is 0 Å². The Hall–Kier alpha value is -0.0800. The number of ether oxygens (including phenoxy) is 1. The van der Waals surface area contributed by atoms with Gasteiger partial charge < -0.3 is 10.5 Å². The third-order valence-electron chi connectivity index (χ3n) is 2.35. The first-order valence-electron chi connectivity index (χ1n) is 4.07. The predicted octanol–water partition coefficient (Wildman–Crippen LogP) is 1.01. The van der Waals surface area contributed by atoms with Crippen LogP contribution in [0.3, 0.4) is 0 Å². The van der Waals surface area contributed by atoms with Gasteiger partial charge in [-0.3, -0.25) is 0 Å². The van der Waals surface area contributed by atoms with Gasteiger partial charge in [0.15, 0.2) is 0 Å². The van der Waals surface area contributed by atoms with Crippen LogP contribution in [-0.2, 0) is 4.74 Å². The molecule has 2 heteroatoms. The minimum absolute atomic E-state index is 0.333. The third-order valence-corrected chi connectivity index (χ3v) is 2.35. The second-order valence-corrected chi connectivity index (χ2v) is 3.34. The predicted molar refractivity (Wildman–Crippen MR) is 41.7 cm³/mol. The van der Waals surface area contributed by atoms with E-state index in [0.29, 0.717) is 18.6 Å². The van der Waals surface area contributed by atoms with E-state index in [1.807, 2.05) is 0 Å². The molecule has 0 radical (unpaired) electrons. The number of hydrogen-bond acceptors (Lipinski definition) is 2. The Labute approximate surface area is 62.7 Å². The Kier molecular flexibility index (Phi) is 2.69. The zero-order valence-electron chi connectivity index (χ0n) is 6.84. The molecule has 0 spiro atoms. The molecule has 0 aromatic rings. The fourth-order valence-electron chi connectivity index (χ4n) is 1.67. The lowest BCUT2D eigenvalue weighted by atomic mass is 9.90. The van der Waals surface area contributed by atoms with Gasteiger partial charge in [-0.1, -0.05) is 13.8 Å². The molecule has 60 valence electrons. The third kappa shape index (κ3) is 1.50. The Morgan fingerprint density at radius 2 is 2.30 bits per heavy atom. The van der Waals surface area contributed by atoms with Crippen LogP contribution in [0.2, 0.25) is 0 Å². The van der Waals surface area contributed by atoms with Crippen LogP contribution in [0.1, 0.15) is 20.3 Å². The lowest BCUT2D eigenvalue weighted by molar-refractivity contribution is 0.0863. The van der Waals surface area contributed by atoms with Gasteiger partial charge in [0, 0.05) is 13.2 Å². The molecule has 2 atom stereocenters. The topological polar surface area (TPSA) is 35.2 Å². The minimum Gasteiger partial charge on any atom is -0.377 e. The summed E-state index contributed by atoms with van der Waals surface area (Å²) in [5.41, 5.74) is 5.54. The first-order chi connectivity index (χ1) is 4.75. The Bertz CT molecular complexity index is 103. The largest absolute Gasteiger partial charge is 0.377 e. The summed E-state index contributed by atoms with van der Waals surface area (Å²) in [6.45, 7) is 6.07. The molecule has 2 nitrogen and oxygen atoms in total. The normalized spacial score (nSPS) is 33.6. The van der Waals surface area contributed by atoms with Crippen molar-refractivity contribution in [3.8, 4) is 0 Å². The zero-order chi connectivity index (χ0) is 7.56. The second kappa shape index (κ2) is 3.35. The van der Waals surface area contributed by atoms with Crippen molar-refractivity contribution in [2.75, 3.05) is 13.2 Å². The van der Waals surface area contributed by atoms with Gasteiger partial charge in [0.2, 0.25) is 0 Å². The lowest BCUT2D eigenvalue weighted by Gasteiger charge is -2.19. The van der Waals surface area contributed by atoms with Gasteiger partial charge in [-0.25, -0.2) is 0 Å². The molecule has 1 aliphatic rings. The molecule has 1 aliphatic heterocycles. The van der Waals surface area contributed by atoms with Crippen LogP contribution in [0.5, 0.6) is 0 Å². The van der Waals surface area contributed by atoms with Crippen molar-refractivity contribution in [3.05, 3.63) is 0 Å². The summed E-state index contributed by atoms with van der Waals surface area (Å²) < 4.78 is 5.45. The standard InChI is InChI=1S/C8H17NO/c1-6(2)7-3-4-10-8(7)5-9/h6-8H,3-5,9H2,1-2H3/t7-,8+/m0/s1. The maximum atomic E-state index is 5.54. The van der Waals surface area contributed by atoms with Gasteiger partial charge in [-0.05, 0) is 18.3 Å². The minimum atomic E-state index is 0.333. The molecule has 10 heavy (non-hydrogen) atoms. The highest BCUT2D eigenvalue weighted by molar-refractivity contribution is 4.78. The SMILES string of the molecule is CC(C)[C@@H]1CCO[C@@H]1CN. The molecule has 1 heterocycles. The van der Waals surface area contributed by atoms with Crippen molar-refractivity contribution in [3.63, 3.8) is 0 Å².